The van der Waals surface area contributed by atoms with E-state index in [0.29, 0.717) is 6.54 Å². The zero-order valence-corrected chi connectivity index (χ0v) is 11.8. The molecule has 2 rings (SSSR count). The molecule has 0 bridgehead atoms. The summed E-state index contributed by atoms with van der Waals surface area (Å²) in [4.78, 5) is 0. The Bertz CT molecular complexity index is 261. The summed E-state index contributed by atoms with van der Waals surface area (Å²) >= 11 is 0. The van der Waals surface area contributed by atoms with Gasteiger partial charge in [-0.1, -0.05) is 25.7 Å². The Hall–Kier alpha value is -0.120. The van der Waals surface area contributed by atoms with E-state index in [9.17, 15) is 5.11 Å². The van der Waals surface area contributed by atoms with Crippen molar-refractivity contribution in [3.05, 3.63) is 0 Å². The molecule has 3 nitrogen and oxygen atoms in total. The maximum atomic E-state index is 11.2. The standard InChI is InChI=1S/C15H29NO2/c1-18-13-7-6-10-15(17,11-13)14(12-16)8-4-2-3-5-9-14/h13,17H,2-12,16H2,1H3. The van der Waals surface area contributed by atoms with E-state index in [0.717, 1.165) is 38.5 Å². The average Bonchev–Trinajstić information content (AvgIpc) is 2.65. The zero-order valence-electron chi connectivity index (χ0n) is 11.8. The molecule has 0 heterocycles. The van der Waals surface area contributed by atoms with Gasteiger partial charge in [-0.05, 0) is 32.1 Å². The minimum Gasteiger partial charge on any atom is -0.389 e. The molecule has 3 heteroatoms. The predicted octanol–water partition coefficient (Wildman–Crippen LogP) is 2.61. The molecule has 2 aliphatic carbocycles. The minimum atomic E-state index is -0.592. The second kappa shape index (κ2) is 5.89. The number of hydrogen-bond donors (Lipinski definition) is 2. The first-order valence-electron chi connectivity index (χ1n) is 7.61. The van der Waals surface area contributed by atoms with E-state index < -0.39 is 5.60 Å². The molecule has 0 amide bonds. The van der Waals surface area contributed by atoms with Crippen LogP contribution in [0.3, 0.4) is 0 Å². The monoisotopic (exact) mass is 255 g/mol. The van der Waals surface area contributed by atoms with Gasteiger partial charge in [0.2, 0.25) is 0 Å². The van der Waals surface area contributed by atoms with E-state index in [1.165, 1.54) is 25.7 Å². The van der Waals surface area contributed by atoms with Crippen molar-refractivity contribution in [2.75, 3.05) is 13.7 Å². The zero-order chi connectivity index (χ0) is 13.1. The molecule has 0 aromatic heterocycles. The lowest BCUT2D eigenvalue weighted by atomic mass is 9.61. The predicted molar refractivity (Wildman–Crippen MR) is 73.4 cm³/mol. The molecule has 2 fully saturated rings. The summed E-state index contributed by atoms with van der Waals surface area (Å²) in [5.41, 5.74) is 5.46. The maximum Gasteiger partial charge on any atom is 0.0740 e. The Morgan fingerprint density at radius 1 is 1.11 bits per heavy atom. The summed E-state index contributed by atoms with van der Waals surface area (Å²) in [5.74, 6) is 0. The second-order valence-corrected chi connectivity index (χ2v) is 6.38. The summed E-state index contributed by atoms with van der Waals surface area (Å²) in [6.07, 6.45) is 11.3. The Labute approximate surface area is 111 Å². The van der Waals surface area contributed by atoms with Gasteiger partial charge in [-0.2, -0.15) is 0 Å². The molecule has 2 atom stereocenters. The van der Waals surface area contributed by atoms with Crippen LogP contribution in [0.2, 0.25) is 0 Å². The third kappa shape index (κ3) is 2.59. The molecule has 0 saturated heterocycles. The van der Waals surface area contributed by atoms with Gasteiger partial charge in [0.1, 0.15) is 0 Å². The summed E-state index contributed by atoms with van der Waals surface area (Å²) in [5, 5.41) is 11.2. The van der Waals surface area contributed by atoms with Crippen LogP contribution < -0.4 is 5.73 Å². The van der Waals surface area contributed by atoms with Crippen LogP contribution in [0.25, 0.3) is 0 Å². The van der Waals surface area contributed by atoms with Crippen LogP contribution in [0.5, 0.6) is 0 Å². The molecule has 0 radical (unpaired) electrons. The van der Waals surface area contributed by atoms with Gasteiger partial charge in [-0.25, -0.2) is 0 Å². The highest BCUT2D eigenvalue weighted by atomic mass is 16.5. The third-order valence-electron chi connectivity index (χ3n) is 5.45. The highest BCUT2D eigenvalue weighted by Crippen LogP contribution is 2.49. The third-order valence-corrected chi connectivity index (χ3v) is 5.45. The van der Waals surface area contributed by atoms with E-state index in [1.54, 1.807) is 7.11 Å². The molecule has 2 saturated carbocycles. The number of hydrogen-bond acceptors (Lipinski definition) is 3. The van der Waals surface area contributed by atoms with E-state index in [4.69, 9.17) is 10.5 Å². The summed E-state index contributed by atoms with van der Waals surface area (Å²) in [6, 6.07) is 0. The lowest BCUT2D eigenvalue weighted by Crippen LogP contribution is -2.55. The summed E-state index contributed by atoms with van der Waals surface area (Å²) in [7, 11) is 1.76. The van der Waals surface area contributed by atoms with Crippen molar-refractivity contribution in [1.82, 2.24) is 0 Å². The Kier molecular flexibility index (Phi) is 4.68. The summed E-state index contributed by atoms with van der Waals surface area (Å²) < 4.78 is 5.50. The average molecular weight is 255 g/mol. The van der Waals surface area contributed by atoms with Gasteiger partial charge in [-0.15, -0.1) is 0 Å². The minimum absolute atomic E-state index is 0.0549. The van der Waals surface area contributed by atoms with Gasteiger partial charge in [0.05, 0.1) is 11.7 Å². The van der Waals surface area contributed by atoms with Crippen molar-refractivity contribution in [3.63, 3.8) is 0 Å². The highest BCUT2D eigenvalue weighted by molar-refractivity contribution is 5.03. The molecular weight excluding hydrogens is 226 g/mol. The number of methoxy groups -OCH3 is 1. The van der Waals surface area contributed by atoms with Crippen LogP contribution in [0.15, 0.2) is 0 Å². The molecule has 0 aromatic carbocycles. The SMILES string of the molecule is COC1CCCC(O)(C2(CN)CCCCCC2)C1. The van der Waals surface area contributed by atoms with E-state index >= 15 is 0 Å². The number of ether oxygens (including phenoxy) is 1. The molecule has 3 N–H and O–H groups in total. The van der Waals surface area contributed by atoms with Gasteiger partial charge in [0.25, 0.3) is 0 Å². The molecule has 2 unspecified atom stereocenters. The van der Waals surface area contributed by atoms with E-state index in [2.05, 4.69) is 0 Å². The normalized spacial score (nSPS) is 37.2. The molecular formula is C15H29NO2. The first-order valence-corrected chi connectivity index (χ1v) is 7.61. The molecule has 106 valence electrons. The van der Waals surface area contributed by atoms with Crippen LogP contribution in [0.1, 0.15) is 64.2 Å². The molecule has 0 aliphatic heterocycles. The molecule has 0 spiro atoms. The Morgan fingerprint density at radius 3 is 2.33 bits per heavy atom. The van der Waals surface area contributed by atoms with Gasteiger partial charge < -0.3 is 15.6 Å². The van der Waals surface area contributed by atoms with Crippen LogP contribution in [-0.2, 0) is 4.74 Å². The van der Waals surface area contributed by atoms with Crippen LogP contribution in [0.4, 0.5) is 0 Å². The van der Waals surface area contributed by atoms with Gasteiger partial charge in [0, 0.05) is 25.5 Å². The van der Waals surface area contributed by atoms with Crippen molar-refractivity contribution in [1.29, 1.82) is 0 Å². The summed E-state index contributed by atoms with van der Waals surface area (Å²) in [6.45, 7) is 0.625. The Balaban J connectivity index is 2.17. The van der Waals surface area contributed by atoms with Crippen molar-refractivity contribution < 1.29 is 9.84 Å². The second-order valence-electron chi connectivity index (χ2n) is 6.38. The van der Waals surface area contributed by atoms with Crippen LogP contribution in [0, 0.1) is 5.41 Å². The first kappa shape index (κ1) is 14.3. The fraction of sp³-hybridized carbons (Fsp3) is 1.00. The van der Waals surface area contributed by atoms with E-state index in [1.807, 2.05) is 0 Å². The lowest BCUT2D eigenvalue weighted by molar-refractivity contribution is -0.142. The maximum absolute atomic E-state index is 11.2. The van der Waals surface area contributed by atoms with Gasteiger partial charge in [-0.3, -0.25) is 0 Å². The smallest absolute Gasteiger partial charge is 0.0740 e. The van der Waals surface area contributed by atoms with Crippen molar-refractivity contribution in [2.24, 2.45) is 11.1 Å². The molecule has 2 aliphatic rings. The number of rotatable bonds is 3. The molecule has 18 heavy (non-hydrogen) atoms. The fourth-order valence-corrected chi connectivity index (χ4v) is 4.15. The number of aliphatic hydroxyl groups is 1. The van der Waals surface area contributed by atoms with Crippen molar-refractivity contribution >= 4 is 0 Å². The highest BCUT2D eigenvalue weighted by Gasteiger charge is 2.51. The first-order chi connectivity index (χ1) is 8.66. The fourth-order valence-electron chi connectivity index (χ4n) is 4.15. The Morgan fingerprint density at radius 2 is 1.78 bits per heavy atom. The topological polar surface area (TPSA) is 55.5 Å². The van der Waals surface area contributed by atoms with Crippen LogP contribution >= 0.6 is 0 Å². The van der Waals surface area contributed by atoms with Crippen LogP contribution in [-0.4, -0.2) is 30.5 Å². The lowest BCUT2D eigenvalue weighted by Gasteiger charge is -2.50. The quantitative estimate of drug-likeness (QED) is 0.762. The van der Waals surface area contributed by atoms with Crippen molar-refractivity contribution in [2.45, 2.75) is 75.9 Å². The largest absolute Gasteiger partial charge is 0.389 e. The number of nitrogens with two attached hydrogens (primary N) is 1. The van der Waals surface area contributed by atoms with E-state index in [-0.39, 0.29) is 11.5 Å². The van der Waals surface area contributed by atoms with Crippen molar-refractivity contribution in [3.8, 4) is 0 Å². The molecule has 0 aromatic rings. The van der Waals surface area contributed by atoms with Gasteiger partial charge in [0.15, 0.2) is 0 Å². The van der Waals surface area contributed by atoms with Gasteiger partial charge >= 0.3 is 0 Å².